The molecular weight excluding hydrogens is 206 g/mol. The zero-order chi connectivity index (χ0) is 11.6. The first-order chi connectivity index (χ1) is 7.65. The fourth-order valence-corrected chi connectivity index (χ4v) is 1.98. The Morgan fingerprint density at radius 3 is 3.00 bits per heavy atom. The number of nitrogens with one attached hydrogen (secondary N) is 1. The Hall–Kier alpha value is -1.07. The summed E-state index contributed by atoms with van der Waals surface area (Å²) in [5, 5.41) is 3.31. The standard InChI is InChI=1S/C11H19N3O2/c1-9-6-14(2)10(13-9)12-7-11(15-3)4-5-16-8-11/h6H,4-5,7-8H2,1-3H3,(H,12,13). The molecule has 1 aliphatic rings. The summed E-state index contributed by atoms with van der Waals surface area (Å²) in [5.74, 6) is 0.876. The molecule has 0 saturated carbocycles. The average Bonchev–Trinajstić information content (AvgIpc) is 2.84. The summed E-state index contributed by atoms with van der Waals surface area (Å²) in [7, 11) is 3.72. The molecule has 1 aromatic rings. The van der Waals surface area contributed by atoms with Crippen molar-refractivity contribution in [3.05, 3.63) is 11.9 Å². The van der Waals surface area contributed by atoms with E-state index in [9.17, 15) is 0 Å². The molecule has 0 spiro atoms. The minimum atomic E-state index is -0.195. The van der Waals surface area contributed by atoms with Gasteiger partial charge in [-0.2, -0.15) is 0 Å². The van der Waals surface area contributed by atoms with Crippen LogP contribution in [0, 0.1) is 6.92 Å². The first kappa shape index (κ1) is 11.4. The van der Waals surface area contributed by atoms with Gasteiger partial charge in [0.1, 0.15) is 5.60 Å². The number of anilines is 1. The second kappa shape index (κ2) is 4.43. The van der Waals surface area contributed by atoms with E-state index >= 15 is 0 Å². The highest BCUT2D eigenvalue weighted by Gasteiger charge is 2.34. The van der Waals surface area contributed by atoms with Gasteiger partial charge in [0.05, 0.1) is 12.3 Å². The van der Waals surface area contributed by atoms with Crippen molar-refractivity contribution in [2.45, 2.75) is 18.9 Å². The van der Waals surface area contributed by atoms with Crippen LogP contribution >= 0.6 is 0 Å². The highest BCUT2D eigenvalue weighted by atomic mass is 16.5. The van der Waals surface area contributed by atoms with E-state index in [4.69, 9.17) is 9.47 Å². The Bertz CT molecular complexity index is 356. The van der Waals surface area contributed by atoms with Crippen molar-refractivity contribution in [2.24, 2.45) is 7.05 Å². The minimum absolute atomic E-state index is 0.195. The van der Waals surface area contributed by atoms with Crippen LogP contribution in [0.5, 0.6) is 0 Å². The second-order valence-electron chi connectivity index (χ2n) is 4.36. The number of hydrogen-bond acceptors (Lipinski definition) is 4. The lowest BCUT2D eigenvalue weighted by molar-refractivity contribution is -0.00634. The SMILES string of the molecule is COC1(CNc2nc(C)cn2C)CCOC1. The van der Waals surface area contributed by atoms with Gasteiger partial charge in [0.15, 0.2) is 0 Å². The molecule has 1 N–H and O–H groups in total. The highest BCUT2D eigenvalue weighted by Crippen LogP contribution is 2.22. The van der Waals surface area contributed by atoms with Crippen molar-refractivity contribution in [1.82, 2.24) is 9.55 Å². The molecule has 5 heteroatoms. The molecule has 5 nitrogen and oxygen atoms in total. The lowest BCUT2D eigenvalue weighted by Gasteiger charge is -2.26. The van der Waals surface area contributed by atoms with Crippen molar-refractivity contribution in [3.63, 3.8) is 0 Å². The van der Waals surface area contributed by atoms with Crippen molar-refractivity contribution < 1.29 is 9.47 Å². The van der Waals surface area contributed by atoms with Gasteiger partial charge in [-0.25, -0.2) is 4.98 Å². The Kier molecular flexibility index (Phi) is 3.16. The molecule has 0 aliphatic carbocycles. The number of rotatable bonds is 4. The maximum absolute atomic E-state index is 5.54. The van der Waals surface area contributed by atoms with E-state index in [1.165, 1.54) is 0 Å². The van der Waals surface area contributed by atoms with Crippen molar-refractivity contribution in [2.75, 3.05) is 32.2 Å². The molecule has 1 aliphatic heterocycles. The maximum atomic E-state index is 5.54. The summed E-state index contributed by atoms with van der Waals surface area (Å²) in [6.45, 7) is 4.14. The molecule has 16 heavy (non-hydrogen) atoms. The number of aromatic nitrogens is 2. The van der Waals surface area contributed by atoms with E-state index in [2.05, 4.69) is 10.3 Å². The molecule has 1 unspecified atom stereocenters. The van der Waals surface area contributed by atoms with Gasteiger partial charge >= 0.3 is 0 Å². The monoisotopic (exact) mass is 225 g/mol. The molecule has 1 fully saturated rings. The first-order valence-corrected chi connectivity index (χ1v) is 5.52. The summed E-state index contributed by atoms with van der Waals surface area (Å²) in [6.07, 6.45) is 2.92. The van der Waals surface area contributed by atoms with Crippen LogP contribution < -0.4 is 5.32 Å². The zero-order valence-corrected chi connectivity index (χ0v) is 10.1. The van der Waals surface area contributed by atoms with Crippen LogP contribution in [-0.2, 0) is 16.5 Å². The Labute approximate surface area is 95.8 Å². The topological polar surface area (TPSA) is 48.3 Å². The summed E-state index contributed by atoms with van der Waals surface area (Å²) < 4.78 is 12.9. The molecule has 90 valence electrons. The molecule has 0 bridgehead atoms. The third-order valence-electron chi connectivity index (χ3n) is 3.07. The van der Waals surface area contributed by atoms with Gasteiger partial charge in [-0.1, -0.05) is 0 Å². The van der Waals surface area contributed by atoms with Gasteiger partial charge in [0, 0.05) is 39.9 Å². The fraction of sp³-hybridized carbons (Fsp3) is 0.727. The number of nitrogens with zero attached hydrogens (tertiary/aromatic N) is 2. The highest BCUT2D eigenvalue weighted by molar-refractivity contribution is 5.29. The van der Waals surface area contributed by atoms with E-state index in [0.29, 0.717) is 6.61 Å². The van der Waals surface area contributed by atoms with E-state index in [1.807, 2.05) is 24.7 Å². The largest absolute Gasteiger partial charge is 0.378 e. The summed E-state index contributed by atoms with van der Waals surface area (Å²) >= 11 is 0. The van der Waals surface area contributed by atoms with Gasteiger partial charge in [-0.3, -0.25) is 0 Å². The number of imidazole rings is 1. The van der Waals surface area contributed by atoms with Crippen molar-refractivity contribution >= 4 is 5.95 Å². The van der Waals surface area contributed by atoms with Crippen LogP contribution in [-0.4, -0.2) is 42.0 Å². The summed E-state index contributed by atoms with van der Waals surface area (Å²) in [6, 6.07) is 0. The molecule has 2 heterocycles. The summed E-state index contributed by atoms with van der Waals surface area (Å²) in [4.78, 5) is 4.39. The van der Waals surface area contributed by atoms with Crippen LogP contribution in [0.3, 0.4) is 0 Å². The summed E-state index contributed by atoms with van der Waals surface area (Å²) in [5.41, 5.74) is 0.819. The first-order valence-electron chi connectivity index (χ1n) is 5.52. The number of methoxy groups -OCH3 is 1. The molecule has 1 aromatic heterocycles. The zero-order valence-electron chi connectivity index (χ0n) is 10.1. The van der Waals surface area contributed by atoms with Crippen LogP contribution in [0.2, 0.25) is 0 Å². The minimum Gasteiger partial charge on any atom is -0.378 e. The van der Waals surface area contributed by atoms with Gasteiger partial charge in [-0.15, -0.1) is 0 Å². The molecule has 1 saturated heterocycles. The van der Waals surface area contributed by atoms with Gasteiger partial charge in [0.25, 0.3) is 0 Å². The smallest absolute Gasteiger partial charge is 0.202 e. The number of aryl methyl sites for hydroxylation is 2. The van der Waals surface area contributed by atoms with E-state index in [1.54, 1.807) is 7.11 Å². The third-order valence-corrected chi connectivity index (χ3v) is 3.07. The fourth-order valence-electron chi connectivity index (χ4n) is 1.98. The number of hydrogen-bond donors (Lipinski definition) is 1. The van der Waals surface area contributed by atoms with E-state index < -0.39 is 0 Å². The molecular formula is C11H19N3O2. The van der Waals surface area contributed by atoms with Crippen LogP contribution in [0.1, 0.15) is 12.1 Å². The Morgan fingerprint density at radius 1 is 1.69 bits per heavy atom. The lowest BCUT2D eigenvalue weighted by atomic mass is 10.0. The number of ether oxygens (including phenoxy) is 2. The van der Waals surface area contributed by atoms with Crippen LogP contribution in [0.25, 0.3) is 0 Å². The van der Waals surface area contributed by atoms with Crippen LogP contribution in [0.15, 0.2) is 6.20 Å². The van der Waals surface area contributed by atoms with Gasteiger partial charge < -0.3 is 19.4 Å². The van der Waals surface area contributed by atoms with Gasteiger partial charge in [0.2, 0.25) is 5.95 Å². The lowest BCUT2D eigenvalue weighted by Crippen LogP contribution is -2.40. The second-order valence-corrected chi connectivity index (χ2v) is 4.36. The van der Waals surface area contributed by atoms with Crippen molar-refractivity contribution in [1.29, 1.82) is 0 Å². The molecule has 1 atom stereocenters. The molecule has 0 radical (unpaired) electrons. The Balaban J connectivity index is 1.98. The van der Waals surface area contributed by atoms with Crippen molar-refractivity contribution in [3.8, 4) is 0 Å². The maximum Gasteiger partial charge on any atom is 0.202 e. The predicted molar refractivity (Wildman–Crippen MR) is 61.6 cm³/mol. The van der Waals surface area contributed by atoms with Crippen LogP contribution in [0.4, 0.5) is 5.95 Å². The Morgan fingerprint density at radius 2 is 2.50 bits per heavy atom. The third kappa shape index (κ3) is 2.20. The van der Waals surface area contributed by atoms with E-state index in [-0.39, 0.29) is 5.60 Å². The molecule has 0 aromatic carbocycles. The predicted octanol–water partition coefficient (Wildman–Crippen LogP) is 0.946. The van der Waals surface area contributed by atoms with Gasteiger partial charge in [-0.05, 0) is 6.92 Å². The average molecular weight is 225 g/mol. The molecule has 2 rings (SSSR count). The molecule has 0 amide bonds. The van der Waals surface area contributed by atoms with E-state index in [0.717, 1.165) is 31.2 Å². The normalized spacial score (nSPS) is 24.9. The quantitative estimate of drug-likeness (QED) is 0.828.